The molecule has 0 aliphatic heterocycles. The standard InChI is InChI=1S/C14H15N3O2/c1-19-12-7-3-2-5-10(12)9-13(18)17-14-11(15)6-4-8-16-14/h2-8H,9,15H2,1H3,(H,16,17,18). The number of hydrogen-bond acceptors (Lipinski definition) is 4. The minimum Gasteiger partial charge on any atom is -0.496 e. The van der Waals surface area contributed by atoms with E-state index in [9.17, 15) is 4.79 Å². The smallest absolute Gasteiger partial charge is 0.230 e. The number of aromatic nitrogens is 1. The van der Waals surface area contributed by atoms with Crippen molar-refractivity contribution in [2.75, 3.05) is 18.2 Å². The van der Waals surface area contributed by atoms with Crippen LogP contribution in [-0.4, -0.2) is 18.0 Å². The van der Waals surface area contributed by atoms with Gasteiger partial charge in [-0.05, 0) is 18.2 Å². The van der Waals surface area contributed by atoms with E-state index in [1.165, 1.54) is 0 Å². The van der Waals surface area contributed by atoms with E-state index >= 15 is 0 Å². The molecule has 19 heavy (non-hydrogen) atoms. The first kappa shape index (κ1) is 12.9. The fraction of sp³-hybridized carbons (Fsp3) is 0.143. The van der Waals surface area contributed by atoms with Gasteiger partial charge in [0.25, 0.3) is 0 Å². The fourth-order valence-electron chi connectivity index (χ4n) is 1.72. The van der Waals surface area contributed by atoms with E-state index in [1.54, 1.807) is 25.4 Å². The summed E-state index contributed by atoms with van der Waals surface area (Å²) in [4.78, 5) is 16.0. The molecule has 1 aromatic carbocycles. The van der Waals surface area contributed by atoms with Crippen LogP contribution in [0.3, 0.4) is 0 Å². The average molecular weight is 257 g/mol. The Labute approximate surface area is 111 Å². The summed E-state index contributed by atoms with van der Waals surface area (Å²) >= 11 is 0. The van der Waals surface area contributed by atoms with Gasteiger partial charge >= 0.3 is 0 Å². The van der Waals surface area contributed by atoms with Crippen molar-refractivity contribution in [2.45, 2.75) is 6.42 Å². The molecule has 0 atom stereocenters. The van der Waals surface area contributed by atoms with E-state index in [0.29, 0.717) is 17.3 Å². The van der Waals surface area contributed by atoms with E-state index in [1.807, 2.05) is 24.3 Å². The van der Waals surface area contributed by atoms with Crippen molar-refractivity contribution in [3.63, 3.8) is 0 Å². The number of anilines is 2. The largest absolute Gasteiger partial charge is 0.496 e. The molecule has 0 spiro atoms. The van der Waals surface area contributed by atoms with Crippen LogP contribution in [0.15, 0.2) is 42.6 Å². The lowest BCUT2D eigenvalue weighted by atomic mass is 10.1. The highest BCUT2D eigenvalue weighted by Crippen LogP contribution is 2.19. The van der Waals surface area contributed by atoms with Crippen molar-refractivity contribution in [1.29, 1.82) is 0 Å². The van der Waals surface area contributed by atoms with Gasteiger partial charge in [-0.25, -0.2) is 4.98 Å². The average Bonchev–Trinajstić information content (AvgIpc) is 2.42. The highest BCUT2D eigenvalue weighted by molar-refractivity contribution is 5.94. The molecule has 1 aromatic heterocycles. The summed E-state index contributed by atoms with van der Waals surface area (Å²) in [6.07, 6.45) is 1.79. The Hall–Kier alpha value is -2.56. The Morgan fingerprint density at radius 2 is 2.11 bits per heavy atom. The maximum absolute atomic E-state index is 11.9. The number of methoxy groups -OCH3 is 1. The number of rotatable bonds is 4. The van der Waals surface area contributed by atoms with Crippen LogP contribution < -0.4 is 15.8 Å². The monoisotopic (exact) mass is 257 g/mol. The van der Waals surface area contributed by atoms with Gasteiger partial charge in [-0.3, -0.25) is 4.79 Å². The number of nitrogens with zero attached hydrogens (tertiary/aromatic N) is 1. The zero-order valence-corrected chi connectivity index (χ0v) is 10.6. The summed E-state index contributed by atoms with van der Waals surface area (Å²) in [5, 5.41) is 2.68. The molecule has 1 heterocycles. The van der Waals surface area contributed by atoms with Gasteiger partial charge in [-0.2, -0.15) is 0 Å². The summed E-state index contributed by atoms with van der Waals surface area (Å²) in [5.74, 6) is 0.879. The van der Waals surface area contributed by atoms with Gasteiger partial charge in [0.2, 0.25) is 5.91 Å². The second kappa shape index (κ2) is 5.86. The summed E-state index contributed by atoms with van der Waals surface area (Å²) in [6.45, 7) is 0. The minimum absolute atomic E-state index is 0.185. The van der Waals surface area contributed by atoms with Crippen molar-refractivity contribution in [2.24, 2.45) is 0 Å². The van der Waals surface area contributed by atoms with Gasteiger partial charge in [0.15, 0.2) is 5.82 Å². The molecule has 0 aliphatic carbocycles. The maximum atomic E-state index is 11.9. The number of nitrogen functional groups attached to an aromatic ring is 1. The molecule has 5 nitrogen and oxygen atoms in total. The molecule has 98 valence electrons. The van der Waals surface area contributed by atoms with E-state index in [0.717, 1.165) is 5.56 Å². The van der Waals surface area contributed by atoms with Gasteiger partial charge < -0.3 is 15.8 Å². The number of ether oxygens (including phenoxy) is 1. The molecule has 0 saturated carbocycles. The Bertz CT molecular complexity index is 584. The lowest BCUT2D eigenvalue weighted by molar-refractivity contribution is -0.115. The number of para-hydroxylation sites is 1. The summed E-state index contributed by atoms with van der Waals surface area (Å²) < 4.78 is 5.20. The van der Waals surface area contributed by atoms with Crippen molar-refractivity contribution in [3.05, 3.63) is 48.2 Å². The molecular formula is C14H15N3O2. The molecule has 0 fully saturated rings. The number of amides is 1. The van der Waals surface area contributed by atoms with E-state index in [2.05, 4.69) is 10.3 Å². The second-order valence-electron chi connectivity index (χ2n) is 3.98. The summed E-state index contributed by atoms with van der Waals surface area (Å²) in [6, 6.07) is 10.8. The highest BCUT2D eigenvalue weighted by atomic mass is 16.5. The Balaban J connectivity index is 2.08. The second-order valence-corrected chi connectivity index (χ2v) is 3.98. The molecule has 2 rings (SSSR count). The van der Waals surface area contributed by atoms with Gasteiger partial charge in [-0.1, -0.05) is 18.2 Å². The molecule has 0 saturated heterocycles. The third kappa shape index (κ3) is 3.22. The van der Waals surface area contributed by atoms with Crippen LogP contribution in [0.1, 0.15) is 5.56 Å². The summed E-state index contributed by atoms with van der Waals surface area (Å²) in [5.41, 5.74) is 6.97. The van der Waals surface area contributed by atoms with Gasteiger partial charge in [0.1, 0.15) is 5.75 Å². The van der Waals surface area contributed by atoms with Crippen molar-refractivity contribution < 1.29 is 9.53 Å². The highest BCUT2D eigenvalue weighted by Gasteiger charge is 2.10. The molecule has 2 aromatic rings. The Morgan fingerprint density at radius 3 is 2.84 bits per heavy atom. The van der Waals surface area contributed by atoms with Crippen molar-refractivity contribution in [3.8, 4) is 5.75 Å². The number of hydrogen-bond donors (Lipinski definition) is 2. The molecule has 0 bridgehead atoms. The SMILES string of the molecule is COc1ccccc1CC(=O)Nc1ncccc1N. The normalized spacial score (nSPS) is 9.95. The van der Waals surface area contributed by atoms with E-state index in [-0.39, 0.29) is 12.3 Å². The number of nitrogens with one attached hydrogen (secondary N) is 1. The number of pyridine rings is 1. The first-order valence-electron chi connectivity index (χ1n) is 5.83. The zero-order chi connectivity index (χ0) is 13.7. The number of carbonyl (C=O) groups is 1. The quantitative estimate of drug-likeness (QED) is 0.876. The van der Waals surface area contributed by atoms with Crippen LogP contribution >= 0.6 is 0 Å². The Morgan fingerprint density at radius 1 is 1.32 bits per heavy atom. The van der Waals surface area contributed by atoms with Crippen LogP contribution in [0.2, 0.25) is 0 Å². The van der Waals surface area contributed by atoms with E-state index < -0.39 is 0 Å². The maximum Gasteiger partial charge on any atom is 0.230 e. The number of benzene rings is 1. The summed E-state index contributed by atoms with van der Waals surface area (Å²) in [7, 11) is 1.58. The lowest BCUT2D eigenvalue weighted by Gasteiger charge is -2.09. The molecule has 1 amide bonds. The van der Waals surface area contributed by atoms with Gasteiger partial charge in [0.05, 0.1) is 19.2 Å². The van der Waals surface area contributed by atoms with E-state index in [4.69, 9.17) is 10.5 Å². The molecular weight excluding hydrogens is 242 g/mol. The predicted octanol–water partition coefficient (Wildman–Crippen LogP) is 1.85. The van der Waals surface area contributed by atoms with Crippen LogP contribution in [0, 0.1) is 0 Å². The molecule has 0 radical (unpaired) electrons. The van der Waals surface area contributed by atoms with Crippen LogP contribution in [0.4, 0.5) is 11.5 Å². The molecule has 5 heteroatoms. The number of nitrogens with two attached hydrogens (primary N) is 1. The lowest BCUT2D eigenvalue weighted by Crippen LogP contribution is -2.16. The topological polar surface area (TPSA) is 77.2 Å². The third-order valence-electron chi connectivity index (χ3n) is 2.64. The van der Waals surface area contributed by atoms with Crippen molar-refractivity contribution >= 4 is 17.4 Å². The van der Waals surface area contributed by atoms with Crippen LogP contribution in [0.25, 0.3) is 0 Å². The number of carbonyl (C=O) groups excluding carboxylic acids is 1. The minimum atomic E-state index is -0.185. The van der Waals surface area contributed by atoms with Gasteiger partial charge in [-0.15, -0.1) is 0 Å². The fourth-order valence-corrected chi connectivity index (χ4v) is 1.72. The van der Waals surface area contributed by atoms with Gasteiger partial charge in [0, 0.05) is 11.8 Å². The third-order valence-corrected chi connectivity index (χ3v) is 2.64. The molecule has 0 aliphatic rings. The zero-order valence-electron chi connectivity index (χ0n) is 10.6. The molecule has 3 N–H and O–H groups in total. The van der Waals surface area contributed by atoms with Crippen LogP contribution in [0.5, 0.6) is 5.75 Å². The first-order chi connectivity index (χ1) is 9.20. The predicted molar refractivity (Wildman–Crippen MR) is 74.0 cm³/mol. The van der Waals surface area contributed by atoms with Crippen molar-refractivity contribution in [1.82, 2.24) is 4.98 Å². The molecule has 0 unspecified atom stereocenters. The first-order valence-corrected chi connectivity index (χ1v) is 5.83. The Kier molecular flexibility index (Phi) is 3.97. The van der Waals surface area contributed by atoms with Crippen LogP contribution in [-0.2, 0) is 11.2 Å².